The number of carbonyl (C=O) groups is 2. The first-order valence-corrected chi connectivity index (χ1v) is 8.47. The van der Waals surface area contributed by atoms with E-state index in [4.69, 9.17) is 30.5 Å². The summed E-state index contributed by atoms with van der Waals surface area (Å²) < 4.78 is 20.8. The molecule has 0 aliphatic rings. The molecule has 1 N–H and O–H groups in total. The van der Waals surface area contributed by atoms with Crippen molar-refractivity contribution in [1.29, 1.82) is 0 Å². The topological polar surface area (TPSA) is 83.1 Å². The van der Waals surface area contributed by atoms with Gasteiger partial charge in [-0.15, -0.1) is 0 Å². The van der Waals surface area contributed by atoms with Gasteiger partial charge < -0.3 is 24.3 Å². The summed E-state index contributed by atoms with van der Waals surface area (Å²) in [6, 6.07) is 9.43. The quantitative estimate of drug-likeness (QED) is 0.690. The summed E-state index contributed by atoms with van der Waals surface area (Å²) in [7, 11) is 2.94. The molecule has 0 aliphatic carbocycles. The number of hydrogen-bond acceptors (Lipinski definition) is 6. The molecule has 0 radical (unpaired) electrons. The number of rotatable bonds is 8. The maximum atomic E-state index is 12.2. The van der Waals surface area contributed by atoms with Gasteiger partial charge in [0.25, 0.3) is 5.91 Å². The fraction of sp³-hybridized carbons (Fsp3) is 0.263. The molecule has 0 fully saturated rings. The molecule has 27 heavy (non-hydrogen) atoms. The van der Waals surface area contributed by atoms with Crippen molar-refractivity contribution >= 4 is 29.2 Å². The molecule has 0 saturated carbocycles. The maximum Gasteiger partial charge on any atom is 0.338 e. The summed E-state index contributed by atoms with van der Waals surface area (Å²) in [5.41, 5.74) is 0.622. The fourth-order valence-electron chi connectivity index (χ4n) is 2.25. The van der Waals surface area contributed by atoms with Gasteiger partial charge >= 0.3 is 5.97 Å². The Hall–Kier alpha value is -2.93. The second kappa shape index (κ2) is 9.68. The van der Waals surface area contributed by atoms with E-state index < -0.39 is 18.5 Å². The van der Waals surface area contributed by atoms with E-state index in [2.05, 4.69) is 5.32 Å². The van der Waals surface area contributed by atoms with E-state index in [9.17, 15) is 9.59 Å². The molecule has 1 amide bonds. The number of methoxy groups -OCH3 is 2. The molecule has 0 aromatic heterocycles. The van der Waals surface area contributed by atoms with Crippen molar-refractivity contribution < 1.29 is 28.5 Å². The van der Waals surface area contributed by atoms with Gasteiger partial charge in [0.05, 0.1) is 32.1 Å². The lowest BCUT2D eigenvalue weighted by atomic mass is 10.2. The summed E-state index contributed by atoms with van der Waals surface area (Å²) in [5, 5.41) is 3.02. The van der Waals surface area contributed by atoms with E-state index in [0.717, 1.165) is 0 Å². The van der Waals surface area contributed by atoms with Gasteiger partial charge in [0, 0.05) is 5.02 Å². The maximum absolute atomic E-state index is 12.2. The minimum Gasteiger partial charge on any atom is -0.495 e. The SMILES string of the molecule is CCOc1ccc(C(=O)OCC(=O)Nc2cc(Cl)ccc2OC)cc1OC. The van der Waals surface area contributed by atoms with Crippen LogP contribution in [0.15, 0.2) is 36.4 Å². The number of anilines is 1. The van der Waals surface area contributed by atoms with Crippen LogP contribution in [0.2, 0.25) is 5.02 Å². The van der Waals surface area contributed by atoms with Crippen LogP contribution in [0.3, 0.4) is 0 Å². The van der Waals surface area contributed by atoms with Crippen LogP contribution < -0.4 is 19.5 Å². The molecule has 2 aromatic rings. The Morgan fingerprint density at radius 1 is 1.00 bits per heavy atom. The van der Waals surface area contributed by atoms with Crippen LogP contribution >= 0.6 is 11.6 Å². The van der Waals surface area contributed by atoms with Crippen molar-refractivity contribution in [2.45, 2.75) is 6.92 Å². The highest BCUT2D eigenvalue weighted by molar-refractivity contribution is 6.31. The van der Waals surface area contributed by atoms with Gasteiger partial charge in [-0.1, -0.05) is 11.6 Å². The number of ether oxygens (including phenoxy) is 4. The Kier molecular flexibility index (Phi) is 7.31. The molecule has 0 aliphatic heterocycles. The minimum atomic E-state index is -0.662. The number of esters is 1. The number of benzene rings is 2. The molecule has 0 bridgehead atoms. The zero-order valence-corrected chi connectivity index (χ0v) is 16.0. The van der Waals surface area contributed by atoms with Crippen LogP contribution in [0.5, 0.6) is 17.2 Å². The van der Waals surface area contributed by atoms with Crippen molar-refractivity contribution in [3.8, 4) is 17.2 Å². The van der Waals surface area contributed by atoms with Crippen LogP contribution in [0, 0.1) is 0 Å². The summed E-state index contributed by atoms with van der Waals surface area (Å²) in [5.74, 6) is 0.170. The van der Waals surface area contributed by atoms with Gasteiger partial charge in [0.2, 0.25) is 0 Å². The number of hydrogen-bond donors (Lipinski definition) is 1. The molecule has 0 saturated heterocycles. The van der Waals surface area contributed by atoms with Gasteiger partial charge in [0.1, 0.15) is 5.75 Å². The fourth-order valence-corrected chi connectivity index (χ4v) is 2.42. The average molecular weight is 394 g/mol. The molecule has 0 unspecified atom stereocenters. The summed E-state index contributed by atoms with van der Waals surface area (Å²) in [4.78, 5) is 24.2. The number of nitrogens with one attached hydrogen (secondary N) is 1. The van der Waals surface area contributed by atoms with Crippen LogP contribution in [0.25, 0.3) is 0 Å². The summed E-state index contributed by atoms with van der Waals surface area (Å²) in [6.45, 7) is 1.84. The highest BCUT2D eigenvalue weighted by Crippen LogP contribution is 2.29. The Bertz CT molecular complexity index is 824. The molecular weight excluding hydrogens is 374 g/mol. The van der Waals surface area contributed by atoms with E-state index in [0.29, 0.717) is 34.6 Å². The largest absolute Gasteiger partial charge is 0.495 e. The van der Waals surface area contributed by atoms with Gasteiger partial charge in [-0.05, 0) is 43.3 Å². The third-order valence-corrected chi connectivity index (χ3v) is 3.70. The Morgan fingerprint density at radius 2 is 1.70 bits per heavy atom. The van der Waals surface area contributed by atoms with E-state index in [-0.39, 0.29) is 5.56 Å². The van der Waals surface area contributed by atoms with E-state index in [1.165, 1.54) is 32.4 Å². The van der Waals surface area contributed by atoms with E-state index >= 15 is 0 Å². The third kappa shape index (κ3) is 5.52. The summed E-state index contributed by atoms with van der Waals surface area (Å²) in [6.07, 6.45) is 0. The Morgan fingerprint density at radius 3 is 2.37 bits per heavy atom. The molecule has 144 valence electrons. The van der Waals surface area contributed by atoms with Crippen molar-refractivity contribution in [2.24, 2.45) is 0 Å². The number of amides is 1. The molecule has 2 aromatic carbocycles. The molecule has 8 heteroatoms. The first kappa shape index (κ1) is 20.4. The van der Waals surface area contributed by atoms with Gasteiger partial charge in [-0.2, -0.15) is 0 Å². The lowest BCUT2D eigenvalue weighted by Crippen LogP contribution is -2.21. The number of halogens is 1. The number of carbonyl (C=O) groups excluding carboxylic acids is 2. The van der Waals surface area contributed by atoms with Gasteiger partial charge in [0.15, 0.2) is 18.1 Å². The zero-order valence-electron chi connectivity index (χ0n) is 15.2. The predicted octanol–water partition coefficient (Wildman–Crippen LogP) is 3.55. The van der Waals surface area contributed by atoms with Gasteiger partial charge in [-0.25, -0.2) is 4.79 Å². The van der Waals surface area contributed by atoms with Crippen LogP contribution in [-0.2, 0) is 9.53 Å². The molecule has 0 spiro atoms. The van der Waals surface area contributed by atoms with Crippen LogP contribution in [-0.4, -0.2) is 39.3 Å². The van der Waals surface area contributed by atoms with Crippen molar-refractivity contribution in [3.05, 3.63) is 47.0 Å². The average Bonchev–Trinajstić information content (AvgIpc) is 2.66. The summed E-state index contributed by atoms with van der Waals surface area (Å²) >= 11 is 5.91. The molecular formula is C19H20ClNO6. The van der Waals surface area contributed by atoms with E-state index in [1.54, 1.807) is 18.2 Å². The first-order chi connectivity index (χ1) is 13.0. The lowest BCUT2D eigenvalue weighted by Gasteiger charge is -2.12. The van der Waals surface area contributed by atoms with Crippen LogP contribution in [0.4, 0.5) is 5.69 Å². The van der Waals surface area contributed by atoms with E-state index in [1.807, 2.05) is 6.92 Å². The van der Waals surface area contributed by atoms with Crippen molar-refractivity contribution in [2.75, 3.05) is 32.8 Å². The Balaban J connectivity index is 1.99. The first-order valence-electron chi connectivity index (χ1n) is 8.09. The lowest BCUT2D eigenvalue weighted by molar-refractivity contribution is -0.119. The monoisotopic (exact) mass is 393 g/mol. The minimum absolute atomic E-state index is 0.239. The molecule has 0 atom stereocenters. The second-order valence-electron chi connectivity index (χ2n) is 5.27. The van der Waals surface area contributed by atoms with Gasteiger partial charge in [-0.3, -0.25) is 4.79 Å². The van der Waals surface area contributed by atoms with Crippen molar-refractivity contribution in [3.63, 3.8) is 0 Å². The standard InChI is InChI=1S/C19H20ClNO6/c1-4-26-16-7-5-12(9-17(16)25-3)19(23)27-11-18(22)21-14-10-13(20)6-8-15(14)24-2/h5-10H,4,11H2,1-3H3,(H,21,22). The third-order valence-electron chi connectivity index (χ3n) is 3.47. The highest BCUT2D eigenvalue weighted by Gasteiger charge is 2.15. The zero-order chi connectivity index (χ0) is 19.8. The predicted molar refractivity (Wildman–Crippen MR) is 101 cm³/mol. The smallest absolute Gasteiger partial charge is 0.338 e. The van der Waals surface area contributed by atoms with Crippen molar-refractivity contribution in [1.82, 2.24) is 0 Å². The molecule has 7 nitrogen and oxygen atoms in total. The highest BCUT2D eigenvalue weighted by atomic mass is 35.5. The normalized spacial score (nSPS) is 10.1. The molecule has 2 rings (SSSR count). The van der Waals surface area contributed by atoms with Crippen LogP contribution in [0.1, 0.15) is 17.3 Å². The molecule has 0 heterocycles. The second-order valence-corrected chi connectivity index (χ2v) is 5.70. The Labute approximate surface area is 162 Å².